The average Bonchev–Trinajstić information content (AvgIpc) is 2.27. The van der Waals surface area contributed by atoms with Crippen LogP contribution in [0.5, 0.6) is 0 Å². The zero-order valence-electron chi connectivity index (χ0n) is 11.7. The first kappa shape index (κ1) is 13.1. The third kappa shape index (κ3) is 2.56. The number of benzene rings is 1. The van der Waals surface area contributed by atoms with Gasteiger partial charge in [-0.3, -0.25) is 4.79 Å². The number of nitrogens with one attached hydrogen (secondary N) is 1. The highest BCUT2D eigenvalue weighted by molar-refractivity contribution is 5.97. The number of amides is 1. The minimum atomic E-state index is 0.00446. The van der Waals surface area contributed by atoms with Crippen LogP contribution in [-0.2, 0) is 0 Å². The Morgan fingerprint density at radius 3 is 2.44 bits per heavy atom. The van der Waals surface area contributed by atoms with Crippen molar-refractivity contribution in [2.75, 3.05) is 19.6 Å². The molecular formula is C15H22N2O. The average molecular weight is 246 g/mol. The number of hydrogen-bond donors (Lipinski definition) is 1. The maximum atomic E-state index is 12.6. The van der Waals surface area contributed by atoms with Crippen LogP contribution in [0.4, 0.5) is 0 Å². The van der Waals surface area contributed by atoms with Crippen molar-refractivity contribution in [3.05, 3.63) is 34.9 Å². The molecule has 1 fully saturated rings. The molecule has 1 aliphatic rings. The SMILES string of the molecule is Cc1cccc(C)c1C(=O)N1CCNC(C)(C)C1. The molecule has 0 aliphatic carbocycles. The molecule has 3 nitrogen and oxygen atoms in total. The van der Waals surface area contributed by atoms with Gasteiger partial charge < -0.3 is 10.2 Å². The van der Waals surface area contributed by atoms with Crippen molar-refractivity contribution in [2.24, 2.45) is 0 Å². The lowest BCUT2D eigenvalue weighted by Crippen LogP contribution is -2.58. The van der Waals surface area contributed by atoms with E-state index in [2.05, 4.69) is 19.2 Å². The zero-order valence-corrected chi connectivity index (χ0v) is 11.7. The van der Waals surface area contributed by atoms with Gasteiger partial charge in [0.05, 0.1) is 0 Å². The van der Waals surface area contributed by atoms with E-state index in [9.17, 15) is 4.79 Å². The van der Waals surface area contributed by atoms with Gasteiger partial charge in [0, 0.05) is 30.7 Å². The molecule has 1 aromatic rings. The standard InChI is InChI=1S/C15H22N2O/c1-11-6-5-7-12(2)13(11)14(18)17-9-8-16-15(3,4)10-17/h5-7,16H,8-10H2,1-4H3. The molecule has 1 aliphatic heterocycles. The summed E-state index contributed by atoms with van der Waals surface area (Å²) in [6.07, 6.45) is 0. The Labute approximate surface area is 109 Å². The molecule has 1 saturated heterocycles. The molecule has 0 radical (unpaired) electrons. The predicted molar refractivity (Wildman–Crippen MR) is 73.9 cm³/mol. The molecule has 1 heterocycles. The van der Waals surface area contributed by atoms with Gasteiger partial charge >= 0.3 is 0 Å². The summed E-state index contributed by atoms with van der Waals surface area (Å²) < 4.78 is 0. The third-order valence-corrected chi connectivity index (χ3v) is 3.55. The lowest BCUT2D eigenvalue weighted by Gasteiger charge is -2.39. The summed E-state index contributed by atoms with van der Waals surface area (Å²) in [5.74, 6) is 0.167. The monoisotopic (exact) mass is 246 g/mol. The zero-order chi connectivity index (χ0) is 13.3. The normalized spacial score (nSPS) is 18.8. The van der Waals surface area contributed by atoms with E-state index in [4.69, 9.17) is 0 Å². The molecule has 2 rings (SSSR count). The van der Waals surface area contributed by atoms with Gasteiger partial charge in [-0.1, -0.05) is 18.2 Å². The van der Waals surface area contributed by atoms with E-state index >= 15 is 0 Å². The summed E-state index contributed by atoms with van der Waals surface area (Å²) >= 11 is 0. The molecule has 0 atom stereocenters. The molecule has 1 amide bonds. The number of nitrogens with zero attached hydrogens (tertiary/aromatic N) is 1. The summed E-state index contributed by atoms with van der Waals surface area (Å²) in [7, 11) is 0. The Morgan fingerprint density at radius 1 is 1.28 bits per heavy atom. The molecule has 3 heteroatoms. The van der Waals surface area contributed by atoms with Gasteiger partial charge in [0.2, 0.25) is 0 Å². The highest BCUT2D eigenvalue weighted by atomic mass is 16.2. The molecule has 1 aromatic carbocycles. The Balaban J connectivity index is 2.26. The van der Waals surface area contributed by atoms with Gasteiger partial charge in [-0.05, 0) is 38.8 Å². The quantitative estimate of drug-likeness (QED) is 0.823. The van der Waals surface area contributed by atoms with Gasteiger partial charge in [0.1, 0.15) is 0 Å². The van der Waals surface area contributed by atoms with E-state index in [1.807, 2.05) is 36.9 Å². The second kappa shape index (κ2) is 4.73. The van der Waals surface area contributed by atoms with Crippen molar-refractivity contribution in [3.63, 3.8) is 0 Å². The Kier molecular flexibility index (Phi) is 3.44. The van der Waals surface area contributed by atoms with Crippen LogP contribution in [0.25, 0.3) is 0 Å². The van der Waals surface area contributed by atoms with Crippen LogP contribution in [0.2, 0.25) is 0 Å². The van der Waals surface area contributed by atoms with E-state index in [1.165, 1.54) is 0 Å². The Hall–Kier alpha value is -1.35. The van der Waals surface area contributed by atoms with Gasteiger partial charge in [0.15, 0.2) is 0 Å². The van der Waals surface area contributed by atoms with Crippen LogP contribution < -0.4 is 5.32 Å². The molecule has 0 aromatic heterocycles. The summed E-state index contributed by atoms with van der Waals surface area (Å²) in [5, 5.41) is 3.43. The summed E-state index contributed by atoms with van der Waals surface area (Å²) in [4.78, 5) is 14.6. The molecule has 1 N–H and O–H groups in total. The van der Waals surface area contributed by atoms with Crippen molar-refractivity contribution in [2.45, 2.75) is 33.2 Å². The van der Waals surface area contributed by atoms with Crippen LogP contribution in [-0.4, -0.2) is 36.0 Å². The van der Waals surface area contributed by atoms with Crippen LogP contribution in [0.1, 0.15) is 35.3 Å². The number of carbonyl (C=O) groups excluding carboxylic acids is 1. The van der Waals surface area contributed by atoms with E-state index in [1.54, 1.807) is 0 Å². The van der Waals surface area contributed by atoms with Crippen molar-refractivity contribution in [1.82, 2.24) is 10.2 Å². The van der Waals surface area contributed by atoms with Gasteiger partial charge in [-0.25, -0.2) is 0 Å². The Bertz CT molecular complexity index is 445. The second-order valence-corrected chi connectivity index (χ2v) is 5.80. The van der Waals surface area contributed by atoms with E-state index < -0.39 is 0 Å². The van der Waals surface area contributed by atoms with Crippen molar-refractivity contribution in [3.8, 4) is 0 Å². The fourth-order valence-electron chi connectivity index (χ4n) is 2.62. The van der Waals surface area contributed by atoms with E-state index in [0.717, 1.165) is 36.3 Å². The number of hydrogen-bond acceptors (Lipinski definition) is 2. The van der Waals surface area contributed by atoms with Crippen molar-refractivity contribution < 1.29 is 4.79 Å². The molecule has 98 valence electrons. The molecule has 0 unspecified atom stereocenters. The minimum absolute atomic E-state index is 0.00446. The molecular weight excluding hydrogens is 224 g/mol. The fourth-order valence-corrected chi connectivity index (χ4v) is 2.62. The second-order valence-electron chi connectivity index (χ2n) is 5.80. The molecule has 0 bridgehead atoms. The van der Waals surface area contributed by atoms with Crippen molar-refractivity contribution >= 4 is 5.91 Å². The van der Waals surface area contributed by atoms with Crippen LogP contribution in [0.15, 0.2) is 18.2 Å². The highest BCUT2D eigenvalue weighted by Crippen LogP contribution is 2.19. The summed E-state index contributed by atoms with van der Waals surface area (Å²) in [6, 6.07) is 6.02. The maximum absolute atomic E-state index is 12.6. The van der Waals surface area contributed by atoms with Crippen molar-refractivity contribution in [1.29, 1.82) is 0 Å². The van der Waals surface area contributed by atoms with E-state index in [-0.39, 0.29) is 11.4 Å². The first-order valence-electron chi connectivity index (χ1n) is 6.51. The first-order chi connectivity index (χ1) is 8.41. The number of carbonyl (C=O) groups is 1. The number of aryl methyl sites for hydroxylation is 2. The summed E-state index contributed by atoms with van der Waals surface area (Å²) in [6.45, 7) is 10.7. The topological polar surface area (TPSA) is 32.3 Å². The van der Waals surface area contributed by atoms with Gasteiger partial charge in [0.25, 0.3) is 5.91 Å². The van der Waals surface area contributed by atoms with Crippen LogP contribution in [0.3, 0.4) is 0 Å². The number of piperazine rings is 1. The fraction of sp³-hybridized carbons (Fsp3) is 0.533. The largest absolute Gasteiger partial charge is 0.336 e. The van der Waals surface area contributed by atoms with Crippen LogP contribution >= 0.6 is 0 Å². The highest BCUT2D eigenvalue weighted by Gasteiger charge is 2.29. The third-order valence-electron chi connectivity index (χ3n) is 3.55. The smallest absolute Gasteiger partial charge is 0.254 e. The van der Waals surface area contributed by atoms with E-state index in [0.29, 0.717) is 0 Å². The number of rotatable bonds is 1. The van der Waals surface area contributed by atoms with Gasteiger partial charge in [-0.2, -0.15) is 0 Å². The lowest BCUT2D eigenvalue weighted by molar-refractivity contribution is 0.0650. The maximum Gasteiger partial charge on any atom is 0.254 e. The predicted octanol–water partition coefficient (Wildman–Crippen LogP) is 2.13. The van der Waals surface area contributed by atoms with Crippen LogP contribution in [0, 0.1) is 13.8 Å². The molecule has 0 saturated carbocycles. The minimum Gasteiger partial charge on any atom is -0.336 e. The summed E-state index contributed by atoms with van der Waals surface area (Å²) in [5.41, 5.74) is 3.01. The lowest BCUT2D eigenvalue weighted by atomic mass is 9.98. The van der Waals surface area contributed by atoms with Gasteiger partial charge in [-0.15, -0.1) is 0 Å². The Morgan fingerprint density at radius 2 is 1.89 bits per heavy atom. The molecule has 0 spiro atoms. The molecule has 18 heavy (non-hydrogen) atoms. The first-order valence-corrected chi connectivity index (χ1v) is 6.51.